The van der Waals surface area contributed by atoms with Crippen LogP contribution in [-0.2, 0) is 4.79 Å². The summed E-state index contributed by atoms with van der Waals surface area (Å²) in [5.74, 6) is -0.790. The Hall–Kier alpha value is -3.94. The van der Waals surface area contributed by atoms with Crippen molar-refractivity contribution >= 4 is 28.6 Å². The third-order valence-electron chi connectivity index (χ3n) is 6.04. The van der Waals surface area contributed by atoms with Gasteiger partial charge in [-0.3, -0.25) is 19.4 Å². The van der Waals surface area contributed by atoms with Crippen molar-refractivity contribution in [3.8, 4) is 5.75 Å². The quantitative estimate of drug-likeness (QED) is 0.443. The molecule has 1 saturated carbocycles. The van der Waals surface area contributed by atoms with Gasteiger partial charge in [0.2, 0.25) is 0 Å². The Balaban J connectivity index is 1.19. The number of rotatable bonds is 8. The number of aliphatic carboxylic acids is 1. The first kappa shape index (κ1) is 23.2. The maximum absolute atomic E-state index is 12.4. The predicted octanol–water partition coefficient (Wildman–Crippen LogP) is 3.42. The van der Waals surface area contributed by atoms with Gasteiger partial charge in [0.05, 0.1) is 12.0 Å². The molecule has 1 fully saturated rings. The van der Waals surface area contributed by atoms with Crippen molar-refractivity contribution in [3.05, 3.63) is 72.1 Å². The molecule has 0 atom stereocenters. The summed E-state index contributed by atoms with van der Waals surface area (Å²) in [6.07, 6.45) is 6.09. The average molecular weight is 462 g/mol. The topological polar surface area (TPSA) is 118 Å². The van der Waals surface area contributed by atoms with E-state index in [1.54, 1.807) is 42.7 Å². The van der Waals surface area contributed by atoms with Crippen molar-refractivity contribution in [1.82, 2.24) is 15.6 Å². The number of carbonyl (C=O) groups is 3. The Morgan fingerprint density at radius 3 is 2.18 bits per heavy atom. The maximum Gasteiger partial charge on any atom is 0.306 e. The molecule has 1 aromatic heterocycles. The number of ether oxygens (including phenoxy) is 1. The van der Waals surface area contributed by atoms with Crippen LogP contribution in [0.4, 0.5) is 0 Å². The van der Waals surface area contributed by atoms with E-state index in [1.807, 2.05) is 18.2 Å². The molecule has 34 heavy (non-hydrogen) atoms. The van der Waals surface area contributed by atoms with E-state index in [-0.39, 0.29) is 23.8 Å². The van der Waals surface area contributed by atoms with Gasteiger partial charge < -0.3 is 20.5 Å². The lowest BCUT2D eigenvalue weighted by Crippen LogP contribution is -2.34. The SMILES string of the molecule is O=C(NCCNC(=O)c1ccc2cnccc2c1)c1ccc(OC2CCC(C(=O)O)CC2)cc1. The van der Waals surface area contributed by atoms with Gasteiger partial charge in [-0.1, -0.05) is 6.07 Å². The van der Waals surface area contributed by atoms with Crippen LogP contribution in [0.5, 0.6) is 5.75 Å². The maximum atomic E-state index is 12.4. The molecule has 2 aromatic carbocycles. The number of benzene rings is 2. The van der Waals surface area contributed by atoms with E-state index in [2.05, 4.69) is 15.6 Å². The summed E-state index contributed by atoms with van der Waals surface area (Å²) in [5, 5.41) is 16.6. The van der Waals surface area contributed by atoms with Crippen LogP contribution < -0.4 is 15.4 Å². The molecule has 0 unspecified atom stereocenters. The minimum Gasteiger partial charge on any atom is -0.490 e. The van der Waals surface area contributed by atoms with E-state index in [0.717, 1.165) is 10.8 Å². The molecule has 3 N–H and O–H groups in total. The van der Waals surface area contributed by atoms with Crippen LogP contribution in [0, 0.1) is 5.92 Å². The number of pyridine rings is 1. The summed E-state index contributed by atoms with van der Waals surface area (Å²) in [6, 6.07) is 14.1. The molecule has 0 aliphatic heterocycles. The first-order valence-corrected chi connectivity index (χ1v) is 11.4. The molecule has 3 aromatic rings. The number of aromatic nitrogens is 1. The van der Waals surface area contributed by atoms with Crippen LogP contribution >= 0.6 is 0 Å². The van der Waals surface area contributed by atoms with Crippen molar-refractivity contribution < 1.29 is 24.2 Å². The Kier molecular flexibility index (Phi) is 7.37. The summed E-state index contributed by atoms with van der Waals surface area (Å²) < 4.78 is 5.94. The molecule has 8 heteroatoms. The molecule has 0 spiro atoms. The fourth-order valence-electron chi connectivity index (χ4n) is 4.09. The smallest absolute Gasteiger partial charge is 0.306 e. The highest BCUT2D eigenvalue weighted by Crippen LogP contribution is 2.28. The largest absolute Gasteiger partial charge is 0.490 e. The van der Waals surface area contributed by atoms with Crippen LogP contribution in [0.25, 0.3) is 10.8 Å². The molecule has 4 rings (SSSR count). The molecule has 8 nitrogen and oxygen atoms in total. The standard InChI is InChI=1S/C26H27N3O5/c30-24(17-3-7-22(8-4-17)34-23-9-5-18(6-10-23)26(32)33)28-13-14-29-25(31)20-1-2-21-16-27-12-11-19(21)15-20/h1-4,7-8,11-12,15-16,18,23H,5-6,9-10,13-14H2,(H,28,30)(H,29,31)(H,32,33). The van der Waals surface area contributed by atoms with Crippen molar-refractivity contribution in [2.24, 2.45) is 5.92 Å². The molecule has 1 heterocycles. The zero-order valence-electron chi connectivity index (χ0n) is 18.7. The number of nitrogens with zero attached hydrogens (tertiary/aromatic N) is 1. The van der Waals surface area contributed by atoms with Crippen molar-refractivity contribution in [3.63, 3.8) is 0 Å². The normalized spacial score (nSPS) is 17.6. The van der Waals surface area contributed by atoms with Gasteiger partial charge in [0.1, 0.15) is 5.75 Å². The lowest BCUT2D eigenvalue weighted by atomic mass is 9.87. The van der Waals surface area contributed by atoms with E-state index in [9.17, 15) is 14.4 Å². The van der Waals surface area contributed by atoms with E-state index in [1.165, 1.54) is 0 Å². The minimum atomic E-state index is -0.736. The fraction of sp³-hybridized carbons (Fsp3) is 0.308. The zero-order chi connectivity index (χ0) is 23.9. The second-order valence-electron chi connectivity index (χ2n) is 8.40. The summed E-state index contributed by atoms with van der Waals surface area (Å²) in [6.45, 7) is 0.603. The molecular formula is C26H27N3O5. The van der Waals surface area contributed by atoms with Gasteiger partial charge in [-0.15, -0.1) is 0 Å². The third-order valence-corrected chi connectivity index (χ3v) is 6.04. The van der Waals surface area contributed by atoms with Crippen molar-refractivity contribution in [2.45, 2.75) is 31.8 Å². The van der Waals surface area contributed by atoms with Gasteiger partial charge in [0, 0.05) is 42.0 Å². The molecule has 0 saturated heterocycles. The van der Waals surface area contributed by atoms with Gasteiger partial charge in [-0.2, -0.15) is 0 Å². The number of fused-ring (bicyclic) bond motifs is 1. The summed E-state index contributed by atoms with van der Waals surface area (Å²) in [5.41, 5.74) is 1.05. The van der Waals surface area contributed by atoms with Crippen LogP contribution in [-0.4, -0.2) is 47.1 Å². The van der Waals surface area contributed by atoms with Crippen LogP contribution in [0.3, 0.4) is 0 Å². The number of carboxylic acid groups (broad SMARTS) is 1. The lowest BCUT2D eigenvalue weighted by Gasteiger charge is -2.26. The molecule has 0 bridgehead atoms. The number of carbonyl (C=O) groups excluding carboxylic acids is 2. The Morgan fingerprint density at radius 2 is 1.50 bits per heavy atom. The number of nitrogens with one attached hydrogen (secondary N) is 2. The number of carboxylic acids is 1. The Bertz CT molecular complexity index is 1170. The zero-order valence-corrected chi connectivity index (χ0v) is 18.7. The molecule has 1 aliphatic carbocycles. The first-order chi connectivity index (χ1) is 16.5. The molecule has 2 amide bonds. The highest BCUT2D eigenvalue weighted by Gasteiger charge is 2.26. The van der Waals surface area contributed by atoms with Gasteiger partial charge in [-0.05, 0) is 73.5 Å². The highest BCUT2D eigenvalue weighted by atomic mass is 16.5. The van der Waals surface area contributed by atoms with Crippen molar-refractivity contribution in [1.29, 1.82) is 0 Å². The van der Waals surface area contributed by atoms with E-state index in [0.29, 0.717) is 55.6 Å². The van der Waals surface area contributed by atoms with Gasteiger partial charge in [0.25, 0.3) is 11.8 Å². The highest BCUT2D eigenvalue weighted by molar-refractivity contribution is 5.98. The number of hydrogen-bond donors (Lipinski definition) is 3. The van der Waals surface area contributed by atoms with Gasteiger partial charge in [0.15, 0.2) is 0 Å². The third kappa shape index (κ3) is 5.89. The predicted molar refractivity (Wildman–Crippen MR) is 127 cm³/mol. The monoisotopic (exact) mass is 461 g/mol. The van der Waals surface area contributed by atoms with E-state index in [4.69, 9.17) is 9.84 Å². The molecular weight excluding hydrogens is 434 g/mol. The summed E-state index contributed by atoms with van der Waals surface area (Å²) in [4.78, 5) is 39.9. The van der Waals surface area contributed by atoms with Gasteiger partial charge in [-0.25, -0.2) is 0 Å². The Morgan fingerprint density at radius 1 is 0.853 bits per heavy atom. The molecule has 0 radical (unpaired) electrons. The minimum absolute atomic E-state index is 0.00171. The fourth-order valence-corrected chi connectivity index (χ4v) is 4.09. The lowest BCUT2D eigenvalue weighted by molar-refractivity contribution is -0.143. The van der Waals surface area contributed by atoms with E-state index >= 15 is 0 Å². The van der Waals surface area contributed by atoms with Crippen LogP contribution in [0.15, 0.2) is 60.9 Å². The van der Waals surface area contributed by atoms with E-state index < -0.39 is 5.97 Å². The average Bonchev–Trinajstić information content (AvgIpc) is 2.87. The number of hydrogen-bond acceptors (Lipinski definition) is 5. The van der Waals surface area contributed by atoms with Gasteiger partial charge >= 0.3 is 5.97 Å². The second kappa shape index (κ2) is 10.8. The van der Waals surface area contributed by atoms with Crippen LogP contribution in [0.2, 0.25) is 0 Å². The van der Waals surface area contributed by atoms with Crippen LogP contribution in [0.1, 0.15) is 46.4 Å². The molecule has 1 aliphatic rings. The summed E-state index contributed by atoms with van der Waals surface area (Å²) >= 11 is 0. The Labute approximate surface area is 197 Å². The summed E-state index contributed by atoms with van der Waals surface area (Å²) in [7, 11) is 0. The second-order valence-corrected chi connectivity index (χ2v) is 8.40. The first-order valence-electron chi connectivity index (χ1n) is 11.4. The number of amides is 2. The molecule has 176 valence electrons. The van der Waals surface area contributed by atoms with Crippen molar-refractivity contribution in [2.75, 3.05) is 13.1 Å².